The number of hydrogen-bond donors (Lipinski definition) is 3. The first kappa shape index (κ1) is 37.1. The molecule has 4 aliphatic rings. The van der Waals surface area contributed by atoms with Crippen LogP contribution in [0.2, 0.25) is 0 Å². The minimum absolute atomic E-state index is 0.0933. The number of Topliss-reactive ketones (excluding diaryl/α,β-unsaturated/α-hetero) is 1. The van der Waals surface area contributed by atoms with Crippen LogP contribution in [0.4, 0.5) is 4.79 Å². The van der Waals surface area contributed by atoms with E-state index in [-0.39, 0.29) is 36.3 Å². The molecule has 2 saturated carbocycles. The van der Waals surface area contributed by atoms with Gasteiger partial charge in [0.1, 0.15) is 48.2 Å². The number of aliphatic hydroxyl groups is 1. The average Bonchev–Trinajstić information content (AvgIpc) is 0.673. The number of ether oxygens (including phenoxy) is 9. The van der Waals surface area contributed by atoms with Crippen LogP contribution >= 0.6 is 0 Å². The van der Waals surface area contributed by atoms with E-state index in [0.29, 0.717) is 0 Å². The molecule has 71 heavy (non-hydrogen) atoms. The fourth-order valence-corrected chi connectivity index (χ4v) is 10.5. The second kappa shape index (κ2) is 21.5. The molecule has 388 valence electrons. The van der Waals surface area contributed by atoms with E-state index in [4.69, 9.17) is 63.2 Å². The number of benzene rings is 2. The third-order valence-electron chi connectivity index (χ3n) is 14.0. The Labute approximate surface area is 434 Å². The molecule has 0 spiro atoms. The van der Waals surface area contributed by atoms with Gasteiger partial charge in [-0.25, -0.2) is 14.4 Å². The fourth-order valence-electron chi connectivity index (χ4n) is 10.5. The Bertz CT molecular complexity index is 2860. The zero-order valence-corrected chi connectivity index (χ0v) is 39.8. The molecule has 2 bridgehead atoms. The lowest BCUT2D eigenvalue weighted by Crippen LogP contribution is -2.82. The number of nitrogens with one attached hydrogen (secondary N) is 2. The third-order valence-corrected chi connectivity index (χ3v) is 14.0. The molecule has 1 aliphatic heterocycles. The predicted octanol–water partition coefficient (Wildman–Crippen LogP) is 4.66. The second-order valence-corrected chi connectivity index (χ2v) is 18.5. The van der Waals surface area contributed by atoms with Crippen LogP contribution in [0.3, 0.4) is 0 Å². The van der Waals surface area contributed by atoms with Gasteiger partial charge in [-0.2, -0.15) is 0 Å². The van der Waals surface area contributed by atoms with E-state index in [1.165, 1.54) is 75.4 Å². The van der Waals surface area contributed by atoms with Crippen molar-refractivity contribution < 1.29 is 102 Å². The minimum Gasteiger partial charge on any atom is -0.455 e. The molecule has 11 atom stereocenters. The Morgan fingerprint density at radius 3 is 2.24 bits per heavy atom. The molecule has 19 nitrogen and oxygen atoms in total. The number of hydrogen-bond acceptors (Lipinski definition) is 17. The number of methoxy groups -OCH3 is 2. The summed E-state index contributed by atoms with van der Waals surface area (Å²) in [5.41, 5.74) is -15.1. The first-order valence-electron chi connectivity index (χ1n) is 30.1. The van der Waals surface area contributed by atoms with E-state index >= 15 is 9.59 Å². The van der Waals surface area contributed by atoms with Gasteiger partial charge in [0.25, 0.3) is 0 Å². The number of carbonyl (C=O) groups is 7. The number of fused-ring (bicyclic) bond motifs is 5. The van der Waals surface area contributed by atoms with Crippen molar-refractivity contribution in [2.75, 3.05) is 40.4 Å². The van der Waals surface area contributed by atoms with Crippen molar-refractivity contribution in [3.63, 3.8) is 0 Å². The lowest BCUT2D eigenvalue weighted by atomic mass is 9.44. The van der Waals surface area contributed by atoms with Gasteiger partial charge in [-0.1, -0.05) is 62.4 Å². The zero-order valence-electron chi connectivity index (χ0n) is 54.8. The summed E-state index contributed by atoms with van der Waals surface area (Å²) in [6.45, 7) is -6.23. The maximum absolute atomic E-state index is 16.2. The first-order chi connectivity index (χ1) is 39.4. The highest BCUT2D eigenvalue weighted by Gasteiger charge is 2.78. The van der Waals surface area contributed by atoms with Crippen molar-refractivity contribution in [1.82, 2.24) is 10.6 Å². The summed E-state index contributed by atoms with van der Waals surface area (Å²) in [6, 6.07) is 11.4. The van der Waals surface area contributed by atoms with Gasteiger partial charge < -0.3 is 58.4 Å². The van der Waals surface area contributed by atoms with Crippen LogP contribution in [-0.2, 0) is 66.6 Å². The molecule has 0 aromatic heterocycles. The molecule has 2 amide bonds. The van der Waals surface area contributed by atoms with Crippen LogP contribution in [0.1, 0.15) is 124 Å². The van der Waals surface area contributed by atoms with Crippen LogP contribution in [0.25, 0.3) is 0 Å². The monoisotopic (exact) mass is 1010 g/mol. The molecular weight excluding hydrogens is 925 g/mol. The Morgan fingerprint density at radius 2 is 1.63 bits per heavy atom. The molecule has 0 unspecified atom stereocenters. The smallest absolute Gasteiger partial charge is 0.408 e. The van der Waals surface area contributed by atoms with Gasteiger partial charge in [-0.3, -0.25) is 19.2 Å². The van der Waals surface area contributed by atoms with Crippen molar-refractivity contribution in [3.8, 4) is 0 Å². The Hall–Kier alpha value is -5.73. The summed E-state index contributed by atoms with van der Waals surface area (Å²) < 4.78 is 174. The number of amides is 2. The molecule has 0 radical (unpaired) electrons. The summed E-state index contributed by atoms with van der Waals surface area (Å²) in [5, 5.41) is 18.5. The van der Waals surface area contributed by atoms with E-state index in [2.05, 4.69) is 5.32 Å². The van der Waals surface area contributed by atoms with Crippen molar-refractivity contribution in [2.45, 2.75) is 141 Å². The Morgan fingerprint density at radius 1 is 0.958 bits per heavy atom. The van der Waals surface area contributed by atoms with Crippen LogP contribution in [-0.4, -0.2) is 141 Å². The van der Waals surface area contributed by atoms with E-state index in [9.17, 15) is 29.1 Å². The average molecular weight is 1010 g/mol. The topological polar surface area (TPSA) is 247 Å². The van der Waals surface area contributed by atoms with Crippen molar-refractivity contribution in [1.29, 1.82) is 0 Å². The van der Waals surface area contributed by atoms with Crippen LogP contribution < -0.4 is 10.6 Å². The molecule has 1 saturated heterocycles. The normalized spacial score (nSPS) is 33.5. The number of ketones is 1. The number of esters is 4. The van der Waals surface area contributed by atoms with Gasteiger partial charge in [-0.15, -0.1) is 0 Å². The second-order valence-electron chi connectivity index (χ2n) is 18.5. The summed E-state index contributed by atoms with van der Waals surface area (Å²) in [5.74, 6) is -9.45. The van der Waals surface area contributed by atoms with Crippen molar-refractivity contribution >= 4 is 41.7 Å². The quantitative estimate of drug-likeness (QED) is 0.0844. The van der Waals surface area contributed by atoms with Crippen molar-refractivity contribution in [2.24, 2.45) is 16.7 Å². The molecular formula is C52H68N2O17. The molecule has 3 aliphatic carbocycles. The standard InChI is InChI=1S/C52H68N2O17/c1-12-65-24-23-36(56)53-27-37(57)68-41(39(31-19-15-13-16-20-31)54-47(61)71-48(4,5)6)46(60)67-33-26-52(62)44(69-45(59)32-21-17-14-18-22-32)42-50(9,43(58)40(64-11)38(29(33)2)49(52,7)8)34(63-10)25-35-51(42,28-66-35)70-30(3)55/h13-22,33-35,39-42,44,62H,12,23-28H2,1-11H3,(H,53,56)(H,54,61)/t33-,34-,35+,39-,40+,41+,42-,44-,50+,51-,52+/m0/s1/i4D3,5D3,6D3,10D3,11D3. The Kier molecular flexibility index (Phi) is 11.3. The highest BCUT2D eigenvalue weighted by atomic mass is 16.6. The predicted molar refractivity (Wildman–Crippen MR) is 251 cm³/mol. The van der Waals surface area contributed by atoms with E-state index in [1.54, 1.807) is 13.0 Å². The van der Waals surface area contributed by atoms with Gasteiger partial charge in [-0.05, 0) is 70.2 Å². The van der Waals surface area contributed by atoms with E-state index in [0.717, 1.165) is 13.8 Å². The summed E-state index contributed by atoms with van der Waals surface area (Å²) in [6.07, 6.45) is -16.5. The highest BCUT2D eigenvalue weighted by molar-refractivity contribution is 5.94. The third kappa shape index (κ3) is 10.7. The lowest BCUT2D eigenvalue weighted by Gasteiger charge is -2.67. The fraction of sp³-hybridized carbons (Fsp3) is 0.596. The summed E-state index contributed by atoms with van der Waals surface area (Å²) >= 11 is 0. The molecule has 19 heteroatoms. The Balaban J connectivity index is 1.62. The molecule has 2 aromatic rings. The summed E-state index contributed by atoms with van der Waals surface area (Å²) in [7, 11) is -6.87. The van der Waals surface area contributed by atoms with E-state index in [1.807, 2.05) is 5.32 Å². The van der Waals surface area contributed by atoms with Gasteiger partial charge >= 0.3 is 30.0 Å². The summed E-state index contributed by atoms with van der Waals surface area (Å²) in [4.78, 5) is 101. The van der Waals surface area contributed by atoms with Crippen molar-refractivity contribution in [3.05, 3.63) is 82.9 Å². The number of alkyl carbamates (subject to hydrolysis) is 1. The number of rotatable bonds is 17. The zero-order chi connectivity index (χ0) is 64.8. The molecule has 6 rings (SSSR count). The molecule has 3 N–H and O–H groups in total. The molecule has 2 aromatic carbocycles. The number of carbonyl (C=O) groups excluding carboxylic acids is 7. The maximum Gasteiger partial charge on any atom is 0.408 e. The minimum atomic E-state index is -4.27. The van der Waals surface area contributed by atoms with Crippen LogP contribution in [0.15, 0.2) is 71.8 Å². The molecule has 3 fully saturated rings. The van der Waals surface area contributed by atoms with Gasteiger partial charge in [0.05, 0.1) is 44.4 Å². The highest BCUT2D eigenvalue weighted by Crippen LogP contribution is 2.65. The van der Waals surface area contributed by atoms with Gasteiger partial charge in [0.2, 0.25) is 12.0 Å². The maximum atomic E-state index is 16.2. The van der Waals surface area contributed by atoms with Crippen LogP contribution in [0.5, 0.6) is 0 Å². The largest absolute Gasteiger partial charge is 0.455 e. The SMILES string of the molecule is [2H]C([2H])([2H])O[C@H]1C(=O)[C@]2(C)[C@@H](OC([2H])([2H])[2H])C[C@H]3OC[C@@]3(OC(C)=O)[C@H]2[C@H](OC(=O)c2ccccc2)[C@]2(O)C[C@H](OC(=O)[C@H](OC(=O)CNC(=O)CCOCC)[C@@H](NC(=O)OC(C([2H])([2H])[2H])(C([2H])([2H])[2H])C([2H])([2H])[2H])c3ccccc3)C(C)=C1C2(C)C. The van der Waals surface area contributed by atoms with Gasteiger partial charge in [0.15, 0.2) is 11.4 Å². The molecule has 1 heterocycles. The van der Waals surface area contributed by atoms with Crippen LogP contribution in [0, 0.1) is 16.7 Å². The first-order valence-corrected chi connectivity index (χ1v) is 22.6. The van der Waals surface area contributed by atoms with E-state index < -0.39 is 184 Å². The lowest BCUT2D eigenvalue weighted by molar-refractivity contribution is -0.347. The van der Waals surface area contributed by atoms with Gasteiger partial charge in [0, 0.05) is 64.6 Å².